The number of hydrogen-bond acceptors (Lipinski definition) is 6. The van der Waals surface area contributed by atoms with Gasteiger partial charge in [0, 0.05) is 19.2 Å². The smallest absolute Gasteiger partial charge is 0.268 e. The van der Waals surface area contributed by atoms with Crippen LogP contribution < -0.4 is 16.2 Å². The summed E-state index contributed by atoms with van der Waals surface area (Å²) in [5.41, 5.74) is 7.44. The van der Waals surface area contributed by atoms with Gasteiger partial charge in [-0.25, -0.2) is 4.68 Å². The molecule has 7 nitrogen and oxygen atoms in total. The van der Waals surface area contributed by atoms with Crippen molar-refractivity contribution in [3.63, 3.8) is 0 Å². The zero-order valence-corrected chi connectivity index (χ0v) is 14.9. The number of nitrogens with two attached hydrogens (primary N) is 1. The Hall–Kier alpha value is -2.22. The van der Waals surface area contributed by atoms with E-state index in [-0.39, 0.29) is 11.7 Å². The number of anilines is 1. The van der Waals surface area contributed by atoms with Gasteiger partial charge in [-0.05, 0) is 18.5 Å². The quantitative estimate of drug-likeness (QED) is 0.710. The minimum atomic E-state index is -0.118. The lowest BCUT2D eigenvalue weighted by Crippen LogP contribution is -2.44. The van der Waals surface area contributed by atoms with Crippen LogP contribution in [0.4, 0.5) is 5.69 Å². The summed E-state index contributed by atoms with van der Waals surface area (Å²) in [4.78, 5) is 14.5. The van der Waals surface area contributed by atoms with Gasteiger partial charge in [-0.15, -0.1) is 0 Å². The van der Waals surface area contributed by atoms with Crippen molar-refractivity contribution in [3.05, 3.63) is 58.5 Å². The zero-order valence-electron chi connectivity index (χ0n) is 14.9. The third kappa shape index (κ3) is 5.14. The summed E-state index contributed by atoms with van der Waals surface area (Å²) in [5, 5.41) is 4.29. The Kier molecular flexibility index (Phi) is 6.76. The van der Waals surface area contributed by atoms with Crippen molar-refractivity contribution in [1.29, 1.82) is 0 Å². The molecule has 1 fully saturated rings. The predicted octanol–water partition coefficient (Wildman–Crippen LogP) is 1.01. The standard InChI is InChI=1S/C19H26N4O3/c20-7-6-18-14-22(8-11-26-18)17-12-19(24)23(21-13-17)9-10-25-15-16-4-2-1-3-5-16/h1-5,12-13,18H,6-11,14-15,20H2/t18-/m0/s1. The van der Waals surface area contributed by atoms with Gasteiger partial charge < -0.3 is 20.1 Å². The van der Waals surface area contributed by atoms with E-state index in [0.717, 1.165) is 30.8 Å². The van der Waals surface area contributed by atoms with E-state index in [2.05, 4.69) is 10.00 Å². The topological polar surface area (TPSA) is 82.6 Å². The van der Waals surface area contributed by atoms with Gasteiger partial charge in [-0.2, -0.15) is 5.10 Å². The molecule has 0 radical (unpaired) electrons. The number of morpholine rings is 1. The molecular weight excluding hydrogens is 332 g/mol. The van der Waals surface area contributed by atoms with E-state index < -0.39 is 0 Å². The molecule has 0 unspecified atom stereocenters. The molecule has 26 heavy (non-hydrogen) atoms. The lowest BCUT2D eigenvalue weighted by molar-refractivity contribution is 0.0368. The van der Waals surface area contributed by atoms with Gasteiger partial charge in [0.2, 0.25) is 0 Å². The SMILES string of the molecule is NCC[C@H]1CN(c2cnn(CCOCc3ccccc3)c(=O)c2)CCO1. The normalized spacial score (nSPS) is 17.4. The number of aromatic nitrogens is 2. The van der Waals surface area contributed by atoms with Gasteiger partial charge in [0.15, 0.2) is 0 Å². The molecule has 140 valence electrons. The summed E-state index contributed by atoms with van der Waals surface area (Å²) >= 11 is 0. The maximum Gasteiger partial charge on any atom is 0.268 e. The van der Waals surface area contributed by atoms with Crippen LogP contribution in [-0.2, 0) is 22.6 Å². The molecule has 1 aliphatic heterocycles. The number of nitrogens with zero attached hydrogens (tertiary/aromatic N) is 3. The van der Waals surface area contributed by atoms with Crippen molar-refractivity contribution in [2.45, 2.75) is 25.7 Å². The second kappa shape index (κ2) is 9.47. The van der Waals surface area contributed by atoms with Gasteiger partial charge in [0.25, 0.3) is 5.56 Å². The molecule has 2 N–H and O–H groups in total. The van der Waals surface area contributed by atoms with Crippen LogP contribution in [0.15, 0.2) is 47.4 Å². The third-order valence-corrected chi connectivity index (χ3v) is 4.41. The van der Waals surface area contributed by atoms with Crippen molar-refractivity contribution >= 4 is 5.69 Å². The van der Waals surface area contributed by atoms with Crippen molar-refractivity contribution < 1.29 is 9.47 Å². The van der Waals surface area contributed by atoms with E-state index in [1.54, 1.807) is 12.3 Å². The Morgan fingerprint density at radius 1 is 1.31 bits per heavy atom. The monoisotopic (exact) mass is 358 g/mol. The Labute approximate surface area is 153 Å². The summed E-state index contributed by atoms with van der Waals surface area (Å²) in [6, 6.07) is 11.6. The Balaban J connectivity index is 1.51. The highest BCUT2D eigenvalue weighted by Crippen LogP contribution is 2.16. The molecule has 0 bridgehead atoms. The minimum absolute atomic E-state index is 0.113. The molecule has 7 heteroatoms. The average Bonchev–Trinajstić information content (AvgIpc) is 2.67. The van der Waals surface area contributed by atoms with Crippen molar-refractivity contribution in [2.75, 3.05) is 37.7 Å². The van der Waals surface area contributed by atoms with Crippen LogP contribution in [0.5, 0.6) is 0 Å². The van der Waals surface area contributed by atoms with Gasteiger partial charge >= 0.3 is 0 Å². The number of rotatable bonds is 8. The lowest BCUT2D eigenvalue weighted by Gasteiger charge is -2.34. The number of benzene rings is 1. The summed E-state index contributed by atoms with van der Waals surface area (Å²) in [5.74, 6) is 0. The molecule has 0 aliphatic carbocycles. The van der Waals surface area contributed by atoms with Crippen LogP contribution in [0.25, 0.3) is 0 Å². The highest BCUT2D eigenvalue weighted by molar-refractivity contribution is 5.43. The summed E-state index contributed by atoms with van der Waals surface area (Å²) in [6.45, 7) is 4.14. The first-order valence-corrected chi connectivity index (χ1v) is 9.01. The highest BCUT2D eigenvalue weighted by atomic mass is 16.5. The Bertz CT molecular complexity index is 733. The van der Waals surface area contributed by atoms with E-state index in [4.69, 9.17) is 15.2 Å². The molecule has 1 aliphatic rings. The van der Waals surface area contributed by atoms with Crippen molar-refractivity contribution in [2.24, 2.45) is 5.73 Å². The van der Waals surface area contributed by atoms with E-state index in [1.165, 1.54) is 4.68 Å². The first-order valence-electron chi connectivity index (χ1n) is 9.01. The molecule has 1 saturated heterocycles. The first kappa shape index (κ1) is 18.6. The number of ether oxygens (including phenoxy) is 2. The Morgan fingerprint density at radius 2 is 2.15 bits per heavy atom. The number of hydrogen-bond donors (Lipinski definition) is 1. The molecule has 1 atom stereocenters. The molecule has 1 aromatic heterocycles. The maximum atomic E-state index is 12.3. The second-order valence-corrected chi connectivity index (χ2v) is 6.33. The van der Waals surface area contributed by atoms with Crippen molar-refractivity contribution in [3.8, 4) is 0 Å². The van der Waals surface area contributed by atoms with E-state index >= 15 is 0 Å². The summed E-state index contributed by atoms with van der Waals surface area (Å²) < 4.78 is 12.7. The molecule has 0 saturated carbocycles. The molecule has 0 amide bonds. The van der Waals surface area contributed by atoms with E-state index in [1.807, 2.05) is 30.3 Å². The fraction of sp³-hybridized carbons (Fsp3) is 0.474. The second-order valence-electron chi connectivity index (χ2n) is 6.33. The Morgan fingerprint density at radius 3 is 2.92 bits per heavy atom. The molecule has 0 spiro atoms. The van der Waals surface area contributed by atoms with Crippen LogP contribution in [0, 0.1) is 0 Å². The molecule has 1 aromatic carbocycles. The van der Waals surface area contributed by atoms with Gasteiger partial charge in [-0.3, -0.25) is 4.79 Å². The zero-order chi connectivity index (χ0) is 18.2. The largest absolute Gasteiger partial charge is 0.375 e. The third-order valence-electron chi connectivity index (χ3n) is 4.41. The van der Waals surface area contributed by atoms with Crippen LogP contribution >= 0.6 is 0 Å². The molecule has 3 rings (SSSR count). The molecule has 2 aromatic rings. The van der Waals surface area contributed by atoms with Crippen molar-refractivity contribution in [1.82, 2.24) is 9.78 Å². The van der Waals surface area contributed by atoms with E-state index in [0.29, 0.717) is 32.9 Å². The first-order chi connectivity index (χ1) is 12.8. The minimum Gasteiger partial charge on any atom is -0.375 e. The van der Waals surface area contributed by atoms with Crippen LogP contribution in [0.2, 0.25) is 0 Å². The maximum absolute atomic E-state index is 12.3. The van der Waals surface area contributed by atoms with E-state index in [9.17, 15) is 4.79 Å². The van der Waals surface area contributed by atoms with Crippen LogP contribution in [0.3, 0.4) is 0 Å². The summed E-state index contributed by atoms with van der Waals surface area (Å²) in [6.07, 6.45) is 2.67. The highest BCUT2D eigenvalue weighted by Gasteiger charge is 2.20. The average molecular weight is 358 g/mol. The van der Waals surface area contributed by atoms with Gasteiger partial charge in [0.1, 0.15) is 0 Å². The summed E-state index contributed by atoms with van der Waals surface area (Å²) in [7, 11) is 0. The lowest BCUT2D eigenvalue weighted by atomic mass is 10.2. The molecule has 2 heterocycles. The predicted molar refractivity (Wildman–Crippen MR) is 100 cm³/mol. The van der Waals surface area contributed by atoms with Gasteiger partial charge in [-0.1, -0.05) is 30.3 Å². The van der Waals surface area contributed by atoms with Crippen LogP contribution in [-0.4, -0.2) is 48.7 Å². The van der Waals surface area contributed by atoms with Gasteiger partial charge in [0.05, 0.1) is 44.4 Å². The fourth-order valence-corrected chi connectivity index (χ4v) is 2.99. The van der Waals surface area contributed by atoms with Crippen LogP contribution in [0.1, 0.15) is 12.0 Å². The molecular formula is C19H26N4O3. The fourth-order valence-electron chi connectivity index (χ4n) is 2.99.